The van der Waals surface area contributed by atoms with E-state index in [0.717, 1.165) is 6.07 Å². The maximum absolute atomic E-state index is 12.8. The van der Waals surface area contributed by atoms with Crippen molar-refractivity contribution in [3.63, 3.8) is 0 Å². The van der Waals surface area contributed by atoms with E-state index in [1.54, 1.807) is 10.8 Å². The third-order valence-electron chi connectivity index (χ3n) is 1.99. The summed E-state index contributed by atoms with van der Waals surface area (Å²) in [5.41, 5.74) is 4.42. The van der Waals surface area contributed by atoms with Crippen LogP contribution in [0.3, 0.4) is 0 Å². The molecule has 0 unspecified atom stereocenters. The van der Waals surface area contributed by atoms with Gasteiger partial charge in [-0.25, -0.2) is 26.9 Å². The summed E-state index contributed by atoms with van der Waals surface area (Å²) in [6.45, 7) is -2.11. The Hall–Kier alpha value is -1.63. The highest BCUT2D eigenvalue weighted by atomic mass is 32.2. The normalized spacial score (nSPS) is 12.1. The lowest BCUT2D eigenvalue weighted by molar-refractivity contribution is 0.0170. The van der Waals surface area contributed by atoms with Gasteiger partial charge in [0.15, 0.2) is 5.69 Å². The molecule has 0 aliphatic rings. The number of aromatic nitrogens is 1. The van der Waals surface area contributed by atoms with Crippen LogP contribution in [0.5, 0.6) is 0 Å². The Labute approximate surface area is 102 Å². The van der Waals surface area contributed by atoms with E-state index >= 15 is 0 Å². The Bertz CT molecular complexity index is 568. The van der Waals surface area contributed by atoms with Gasteiger partial charge in [0.05, 0.1) is 13.1 Å². The van der Waals surface area contributed by atoms with E-state index < -0.39 is 33.9 Å². The Kier molecular flexibility index (Phi) is 4.28. The molecule has 0 saturated carbocycles. The molecular formula is C9H10F2N4O2S. The molecule has 9 heteroatoms. The van der Waals surface area contributed by atoms with Crippen molar-refractivity contribution in [1.29, 1.82) is 5.26 Å². The first-order valence-corrected chi connectivity index (χ1v) is 6.23. The molecule has 0 fully saturated rings. The van der Waals surface area contributed by atoms with E-state index in [0.29, 0.717) is 0 Å². The van der Waals surface area contributed by atoms with Gasteiger partial charge in [0.1, 0.15) is 11.0 Å². The lowest BCUT2D eigenvalue weighted by atomic mass is 10.3. The van der Waals surface area contributed by atoms with Crippen molar-refractivity contribution in [3.8, 4) is 6.07 Å². The largest absolute Gasteiger partial charge is 0.325 e. The minimum absolute atomic E-state index is 0.360. The van der Waals surface area contributed by atoms with Gasteiger partial charge in [0.2, 0.25) is 10.0 Å². The summed E-state index contributed by atoms with van der Waals surface area (Å²) in [4.78, 5) is 3.09. The summed E-state index contributed by atoms with van der Waals surface area (Å²) < 4.78 is 50.8. The van der Waals surface area contributed by atoms with Crippen molar-refractivity contribution >= 4 is 10.0 Å². The second-order valence-corrected chi connectivity index (χ2v) is 5.08. The average Bonchev–Trinajstić information content (AvgIpc) is 2.37. The molecule has 0 amide bonds. The molecule has 1 aromatic rings. The second-order valence-electron chi connectivity index (χ2n) is 3.35. The molecular weight excluding hydrogens is 266 g/mol. The molecule has 0 aliphatic heterocycles. The highest BCUT2D eigenvalue weighted by molar-refractivity contribution is 7.89. The van der Waals surface area contributed by atoms with Crippen LogP contribution in [-0.2, 0) is 10.0 Å². The zero-order valence-corrected chi connectivity index (χ0v) is 9.92. The van der Waals surface area contributed by atoms with E-state index in [4.69, 9.17) is 11.0 Å². The molecule has 18 heavy (non-hydrogen) atoms. The van der Waals surface area contributed by atoms with Crippen LogP contribution in [0.2, 0.25) is 0 Å². The van der Waals surface area contributed by atoms with E-state index in [-0.39, 0.29) is 5.69 Å². The number of hydrogen-bond donors (Lipinski definition) is 2. The van der Waals surface area contributed by atoms with Gasteiger partial charge in [-0.3, -0.25) is 0 Å². The van der Waals surface area contributed by atoms with Crippen molar-refractivity contribution in [2.45, 2.75) is 10.8 Å². The smallest absolute Gasteiger partial charge is 0.273 e. The Morgan fingerprint density at radius 1 is 1.56 bits per heavy atom. The van der Waals surface area contributed by atoms with Crippen molar-refractivity contribution < 1.29 is 17.2 Å². The van der Waals surface area contributed by atoms with Crippen LogP contribution in [0.25, 0.3) is 0 Å². The predicted molar refractivity (Wildman–Crippen MR) is 58.1 cm³/mol. The zero-order chi connectivity index (χ0) is 13.8. The SMILES string of the molecule is N#Cc1ncccc1S(=O)(=O)NCC(F)(F)CN. The third kappa shape index (κ3) is 3.43. The van der Waals surface area contributed by atoms with Crippen molar-refractivity contribution in [1.82, 2.24) is 9.71 Å². The van der Waals surface area contributed by atoms with Crippen LogP contribution in [-0.4, -0.2) is 32.4 Å². The number of hydrogen-bond acceptors (Lipinski definition) is 5. The van der Waals surface area contributed by atoms with Crippen molar-refractivity contribution in [2.75, 3.05) is 13.1 Å². The van der Waals surface area contributed by atoms with Crippen molar-refractivity contribution in [3.05, 3.63) is 24.0 Å². The van der Waals surface area contributed by atoms with E-state index in [1.807, 2.05) is 0 Å². The highest BCUT2D eigenvalue weighted by Gasteiger charge is 2.30. The Morgan fingerprint density at radius 2 is 2.22 bits per heavy atom. The maximum Gasteiger partial charge on any atom is 0.273 e. The summed E-state index contributed by atoms with van der Waals surface area (Å²) in [5, 5.41) is 8.68. The minimum atomic E-state index is -4.22. The number of nitrogens with one attached hydrogen (secondary N) is 1. The predicted octanol–water partition coefficient (Wildman–Crippen LogP) is -0.174. The number of pyridine rings is 1. The molecule has 0 aromatic carbocycles. The summed E-state index contributed by atoms with van der Waals surface area (Å²) in [6, 6.07) is 3.96. The number of rotatable bonds is 5. The summed E-state index contributed by atoms with van der Waals surface area (Å²) >= 11 is 0. The number of alkyl halides is 2. The van der Waals surface area contributed by atoms with Gasteiger partial charge in [-0.2, -0.15) is 5.26 Å². The number of nitrogens with zero attached hydrogens (tertiary/aromatic N) is 2. The number of sulfonamides is 1. The molecule has 1 heterocycles. The van der Waals surface area contributed by atoms with E-state index in [9.17, 15) is 17.2 Å². The number of nitrogens with two attached hydrogens (primary N) is 1. The van der Waals surface area contributed by atoms with E-state index in [2.05, 4.69) is 4.98 Å². The first kappa shape index (κ1) is 14.4. The summed E-state index contributed by atoms with van der Waals surface area (Å²) in [6.07, 6.45) is 1.23. The highest BCUT2D eigenvalue weighted by Crippen LogP contribution is 2.14. The van der Waals surface area contributed by atoms with Crippen LogP contribution < -0.4 is 10.5 Å². The van der Waals surface area contributed by atoms with Gasteiger partial charge in [-0.05, 0) is 12.1 Å². The molecule has 0 bridgehead atoms. The molecule has 3 N–H and O–H groups in total. The fraction of sp³-hybridized carbons (Fsp3) is 0.333. The van der Waals surface area contributed by atoms with E-state index in [1.165, 1.54) is 12.3 Å². The molecule has 6 nitrogen and oxygen atoms in total. The Morgan fingerprint density at radius 3 is 2.78 bits per heavy atom. The second kappa shape index (κ2) is 5.34. The van der Waals surface area contributed by atoms with Gasteiger partial charge >= 0.3 is 0 Å². The first-order valence-electron chi connectivity index (χ1n) is 4.75. The quantitative estimate of drug-likeness (QED) is 0.775. The molecule has 0 atom stereocenters. The van der Waals surface area contributed by atoms with Gasteiger partial charge in [0, 0.05) is 6.20 Å². The van der Waals surface area contributed by atoms with Crippen LogP contribution in [0.4, 0.5) is 8.78 Å². The molecule has 0 radical (unpaired) electrons. The van der Waals surface area contributed by atoms with Gasteiger partial charge in [-0.15, -0.1) is 0 Å². The number of halogens is 2. The molecule has 1 rings (SSSR count). The maximum atomic E-state index is 12.8. The zero-order valence-electron chi connectivity index (χ0n) is 9.10. The third-order valence-corrected chi connectivity index (χ3v) is 3.42. The number of nitriles is 1. The molecule has 98 valence electrons. The topological polar surface area (TPSA) is 109 Å². The lowest BCUT2D eigenvalue weighted by Crippen LogP contribution is -2.41. The average molecular weight is 276 g/mol. The molecule has 0 saturated heterocycles. The fourth-order valence-electron chi connectivity index (χ4n) is 1.04. The van der Waals surface area contributed by atoms with Crippen LogP contribution >= 0.6 is 0 Å². The van der Waals surface area contributed by atoms with Crippen LogP contribution in [0.15, 0.2) is 23.2 Å². The van der Waals surface area contributed by atoms with Gasteiger partial charge in [0.25, 0.3) is 5.92 Å². The van der Waals surface area contributed by atoms with Crippen molar-refractivity contribution in [2.24, 2.45) is 5.73 Å². The molecule has 0 spiro atoms. The summed E-state index contributed by atoms with van der Waals surface area (Å²) in [7, 11) is -4.22. The standard InChI is InChI=1S/C9H10F2N4O2S/c10-9(11,5-13)6-15-18(16,17)8-2-1-3-14-7(8)4-12/h1-3,15H,5-6,13H2. The van der Waals surface area contributed by atoms with Crippen LogP contribution in [0.1, 0.15) is 5.69 Å². The Balaban J connectivity index is 2.98. The minimum Gasteiger partial charge on any atom is -0.325 e. The van der Waals surface area contributed by atoms with Crippen LogP contribution in [0, 0.1) is 11.3 Å². The van der Waals surface area contributed by atoms with Gasteiger partial charge in [-0.1, -0.05) is 0 Å². The molecule has 1 aromatic heterocycles. The monoisotopic (exact) mass is 276 g/mol. The van der Waals surface area contributed by atoms with Gasteiger partial charge < -0.3 is 5.73 Å². The first-order chi connectivity index (χ1) is 8.32. The fourth-order valence-corrected chi connectivity index (χ4v) is 2.21. The lowest BCUT2D eigenvalue weighted by Gasteiger charge is -2.14. The molecule has 0 aliphatic carbocycles. The summed E-state index contributed by atoms with van der Waals surface area (Å²) in [5.74, 6) is -3.35.